The molecule has 0 aromatic heterocycles. The lowest BCUT2D eigenvalue weighted by Crippen LogP contribution is -2.40. The Kier molecular flexibility index (Phi) is 5.87. The molecule has 8 heteroatoms. The molecule has 0 unspecified atom stereocenters. The Balaban J connectivity index is 1.81. The highest BCUT2D eigenvalue weighted by atomic mass is 35.5. The Bertz CT molecular complexity index is 884. The van der Waals surface area contributed by atoms with Crippen LogP contribution in [0.2, 0.25) is 10.0 Å². The average molecular weight is 413 g/mol. The third kappa shape index (κ3) is 4.98. The van der Waals surface area contributed by atoms with Gasteiger partial charge < -0.3 is 5.32 Å². The van der Waals surface area contributed by atoms with Gasteiger partial charge in [0.2, 0.25) is 5.91 Å². The molecule has 1 saturated heterocycles. The summed E-state index contributed by atoms with van der Waals surface area (Å²) in [5.74, 6) is -0.136. The standard InChI is InChI=1S/C18H18Cl2N2O3S/c19-13-8-14(20)10-16(9-13)22-18(23)17(12-4-2-1-3-5-12)21-15-6-7-26(24,25)11-15/h1-5,8-10,15,17,21H,6-7,11H2,(H,22,23)/t15-,17-/m0/s1. The molecule has 5 nitrogen and oxygen atoms in total. The monoisotopic (exact) mass is 412 g/mol. The Morgan fingerprint density at radius 2 is 1.73 bits per heavy atom. The third-order valence-corrected chi connectivity index (χ3v) is 6.36. The predicted molar refractivity (Wildman–Crippen MR) is 104 cm³/mol. The maximum Gasteiger partial charge on any atom is 0.246 e. The number of sulfone groups is 1. The summed E-state index contributed by atoms with van der Waals surface area (Å²) in [6, 6.07) is 13.0. The quantitative estimate of drug-likeness (QED) is 0.788. The number of carbonyl (C=O) groups is 1. The maximum absolute atomic E-state index is 12.9. The Hall–Kier alpha value is -1.60. The first-order chi connectivity index (χ1) is 12.3. The minimum Gasteiger partial charge on any atom is -0.324 e. The summed E-state index contributed by atoms with van der Waals surface area (Å²) < 4.78 is 23.4. The zero-order valence-electron chi connectivity index (χ0n) is 13.8. The van der Waals surface area contributed by atoms with Crippen molar-refractivity contribution in [2.75, 3.05) is 16.8 Å². The summed E-state index contributed by atoms with van der Waals surface area (Å²) in [6.07, 6.45) is 0.488. The molecule has 0 radical (unpaired) electrons. The summed E-state index contributed by atoms with van der Waals surface area (Å²) >= 11 is 12.0. The van der Waals surface area contributed by atoms with E-state index < -0.39 is 15.9 Å². The van der Waals surface area contributed by atoms with Crippen molar-refractivity contribution in [3.8, 4) is 0 Å². The van der Waals surface area contributed by atoms with Gasteiger partial charge in [0.25, 0.3) is 0 Å². The Morgan fingerprint density at radius 3 is 2.31 bits per heavy atom. The molecule has 2 aromatic rings. The first kappa shape index (κ1) is 19.2. The number of amides is 1. The van der Waals surface area contributed by atoms with Gasteiger partial charge in [-0.05, 0) is 30.2 Å². The summed E-state index contributed by atoms with van der Waals surface area (Å²) in [5.41, 5.74) is 1.23. The molecule has 0 spiro atoms. The van der Waals surface area contributed by atoms with Gasteiger partial charge in [-0.15, -0.1) is 0 Å². The number of hydrogen-bond donors (Lipinski definition) is 2. The second-order valence-electron chi connectivity index (χ2n) is 6.26. The fourth-order valence-corrected chi connectivity index (χ4v) is 5.18. The first-order valence-corrected chi connectivity index (χ1v) is 10.7. The van der Waals surface area contributed by atoms with Gasteiger partial charge in [0.15, 0.2) is 9.84 Å². The smallest absolute Gasteiger partial charge is 0.246 e. The van der Waals surface area contributed by atoms with Crippen LogP contribution in [0.4, 0.5) is 5.69 Å². The molecule has 1 fully saturated rings. The van der Waals surface area contributed by atoms with Crippen LogP contribution in [0.1, 0.15) is 18.0 Å². The molecule has 138 valence electrons. The summed E-state index contributed by atoms with van der Waals surface area (Å²) in [5, 5.41) is 6.81. The molecular formula is C18H18Cl2N2O3S. The van der Waals surface area contributed by atoms with Gasteiger partial charge >= 0.3 is 0 Å². The van der Waals surface area contributed by atoms with Crippen LogP contribution in [0.15, 0.2) is 48.5 Å². The molecule has 1 aliphatic heterocycles. The molecule has 2 atom stereocenters. The van der Waals surface area contributed by atoms with Gasteiger partial charge in [0, 0.05) is 21.8 Å². The lowest BCUT2D eigenvalue weighted by Gasteiger charge is -2.22. The van der Waals surface area contributed by atoms with Crippen molar-refractivity contribution in [3.05, 3.63) is 64.1 Å². The van der Waals surface area contributed by atoms with Crippen molar-refractivity contribution >= 4 is 44.6 Å². The minimum absolute atomic E-state index is 0.0343. The van der Waals surface area contributed by atoms with Crippen molar-refractivity contribution in [2.45, 2.75) is 18.5 Å². The van der Waals surface area contributed by atoms with E-state index >= 15 is 0 Å². The van der Waals surface area contributed by atoms with Gasteiger partial charge in [0.1, 0.15) is 6.04 Å². The molecule has 0 saturated carbocycles. The molecule has 1 amide bonds. The van der Waals surface area contributed by atoms with E-state index in [1.165, 1.54) is 0 Å². The largest absolute Gasteiger partial charge is 0.324 e. The molecule has 2 aromatic carbocycles. The van der Waals surface area contributed by atoms with Gasteiger partial charge in [-0.2, -0.15) is 0 Å². The van der Waals surface area contributed by atoms with Gasteiger partial charge in [-0.1, -0.05) is 53.5 Å². The number of hydrogen-bond acceptors (Lipinski definition) is 4. The fourth-order valence-electron chi connectivity index (χ4n) is 2.97. The molecule has 3 rings (SSSR count). The van der Waals surface area contributed by atoms with Gasteiger partial charge in [-0.25, -0.2) is 8.42 Å². The molecule has 0 bridgehead atoms. The van der Waals surface area contributed by atoms with E-state index in [0.29, 0.717) is 22.2 Å². The third-order valence-electron chi connectivity index (χ3n) is 4.16. The van der Waals surface area contributed by atoms with Crippen molar-refractivity contribution in [1.29, 1.82) is 0 Å². The maximum atomic E-state index is 12.9. The van der Waals surface area contributed by atoms with Crippen LogP contribution < -0.4 is 10.6 Å². The normalized spacial score (nSPS) is 19.8. The van der Waals surface area contributed by atoms with Crippen LogP contribution in [0, 0.1) is 0 Å². The molecule has 1 heterocycles. The Labute approximate surface area is 162 Å². The molecule has 1 aliphatic rings. The highest BCUT2D eigenvalue weighted by molar-refractivity contribution is 7.91. The van der Waals surface area contributed by atoms with Crippen molar-refractivity contribution in [3.63, 3.8) is 0 Å². The van der Waals surface area contributed by atoms with Crippen LogP contribution in [0.25, 0.3) is 0 Å². The highest BCUT2D eigenvalue weighted by Crippen LogP contribution is 2.25. The molecular weight excluding hydrogens is 395 g/mol. The van der Waals surface area contributed by atoms with E-state index in [-0.39, 0.29) is 23.5 Å². The van der Waals surface area contributed by atoms with Gasteiger partial charge in [-0.3, -0.25) is 10.1 Å². The first-order valence-electron chi connectivity index (χ1n) is 8.11. The lowest BCUT2D eigenvalue weighted by molar-refractivity contribution is -0.118. The summed E-state index contributed by atoms with van der Waals surface area (Å²) in [6.45, 7) is 0. The number of rotatable bonds is 5. The second-order valence-corrected chi connectivity index (χ2v) is 9.36. The highest BCUT2D eigenvalue weighted by Gasteiger charge is 2.32. The topological polar surface area (TPSA) is 75.3 Å². The van der Waals surface area contributed by atoms with Crippen molar-refractivity contribution in [2.24, 2.45) is 0 Å². The average Bonchev–Trinajstić information content (AvgIpc) is 2.91. The van der Waals surface area contributed by atoms with E-state index in [9.17, 15) is 13.2 Å². The zero-order valence-corrected chi connectivity index (χ0v) is 16.1. The number of carbonyl (C=O) groups excluding carboxylic acids is 1. The number of nitrogens with one attached hydrogen (secondary N) is 2. The van der Waals surface area contributed by atoms with Crippen LogP contribution in [0.5, 0.6) is 0 Å². The van der Waals surface area contributed by atoms with Crippen LogP contribution in [-0.2, 0) is 14.6 Å². The SMILES string of the molecule is O=C(Nc1cc(Cl)cc(Cl)c1)[C@@H](N[C@H]1CCS(=O)(=O)C1)c1ccccc1. The molecule has 2 N–H and O–H groups in total. The van der Waals surface area contributed by atoms with Crippen molar-refractivity contribution < 1.29 is 13.2 Å². The van der Waals surface area contributed by atoms with Gasteiger partial charge in [0.05, 0.1) is 11.5 Å². The number of benzene rings is 2. The fraction of sp³-hybridized carbons (Fsp3) is 0.278. The van der Waals surface area contributed by atoms with Crippen LogP contribution in [-0.4, -0.2) is 31.9 Å². The summed E-state index contributed by atoms with van der Waals surface area (Å²) in [7, 11) is -3.05. The lowest BCUT2D eigenvalue weighted by atomic mass is 10.0. The zero-order chi connectivity index (χ0) is 18.7. The van der Waals surface area contributed by atoms with E-state index in [2.05, 4.69) is 10.6 Å². The van der Waals surface area contributed by atoms with E-state index in [1.807, 2.05) is 30.3 Å². The second kappa shape index (κ2) is 7.96. The number of anilines is 1. The predicted octanol–water partition coefficient (Wildman–Crippen LogP) is 3.45. The van der Waals surface area contributed by atoms with Crippen molar-refractivity contribution in [1.82, 2.24) is 5.32 Å². The minimum atomic E-state index is -3.05. The van der Waals surface area contributed by atoms with E-state index in [4.69, 9.17) is 23.2 Å². The van der Waals surface area contributed by atoms with Crippen LogP contribution >= 0.6 is 23.2 Å². The summed E-state index contributed by atoms with van der Waals surface area (Å²) in [4.78, 5) is 12.9. The Morgan fingerprint density at radius 1 is 1.08 bits per heavy atom. The van der Waals surface area contributed by atoms with E-state index in [0.717, 1.165) is 5.56 Å². The molecule has 26 heavy (non-hydrogen) atoms. The molecule has 0 aliphatic carbocycles. The van der Waals surface area contributed by atoms with Crippen LogP contribution in [0.3, 0.4) is 0 Å². The number of halogens is 2. The van der Waals surface area contributed by atoms with E-state index in [1.54, 1.807) is 18.2 Å².